The van der Waals surface area contributed by atoms with Crippen LogP contribution in [0.15, 0.2) is 47.1 Å². The molecule has 134 valence electrons. The van der Waals surface area contributed by atoms with E-state index in [1.165, 1.54) is 0 Å². The minimum absolute atomic E-state index is 0.0182. The van der Waals surface area contributed by atoms with Crippen LogP contribution in [0.25, 0.3) is 0 Å². The number of benzene rings is 1. The van der Waals surface area contributed by atoms with Gasteiger partial charge in [0.2, 0.25) is 5.91 Å². The van der Waals surface area contributed by atoms with Crippen molar-refractivity contribution in [1.29, 1.82) is 0 Å². The van der Waals surface area contributed by atoms with Crippen LogP contribution in [0.1, 0.15) is 12.7 Å². The van der Waals surface area contributed by atoms with Crippen LogP contribution < -0.4 is 10.1 Å². The van der Waals surface area contributed by atoms with E-state index in [1.807, 2.05) is 43.3 Å². The lowest BCUT2D eigenvalue weighted by Crippen LogP contribution is -2.52. The Labute approximate surface area is 148 Å². The lowest BCUT2D eigenvalue weighted by molar-refractivity contribution is -0.121. The van der Waals surface area contributed by atoms with Crippen molar-refractivity contribution in [2.24, 2.45) is 0 Å². The number of ether oxygens (including phenoxy) is 1. The van der Waals surface area contributed by atoms with Gasteiger partial charge in [-0.15, -0.1) is 0 Å². The Morgan fingerprint density at radius 1 is 1.20 bits per heavy atom. The van der Waals surface area contributed by atoms with Gasteiger partial charge in [0, 0.05) is 31.9 Å². The second-order valence-electron chi connectivity index (χ2n) is 6.29. The fraction of sp³-hybridized carbons (Fsp3) is 0.421. The van der Waals surface area contributed by atoms with E-state index >= 15 is 0 Å². The summed E-state index contributed by atoms with van der Waals surface area (Å²) in [6, 6.07) is 11.1. The Hall–Kier alpha value is -2.31. The Balaban J connectivity index is 1.47. The SMILES string of the molecule is COc1ccc(NC(=O)[C@H](C)N2CCN(Cc3ccco3)CC2)cc1. The van der Waals surface area contributed by atoms with Gasteiger partial charge in [-0.2, -0.15) is 0 Å². The summed E-state index contributed by atoms with van der Waals surface area (Å²) in [6.07, 6.45) is 1.71. The minimum atomic E-state index is -0.159. The second kappa shape index (κ2) is 8.18. The molecule has 0 spiro atoms. The highest BCUT2D eigenvalue weighted by molar-refractivity contribution is 5.94. The average Bonchev–Trinajstić information content (AvgIpc) is 3.15. The highest BCUT2D eigenvalue weighted by atomic mass is 16.5. The van der Waals surface area contributed by atoms with Crippen LogP contribution in [0.3, 0.4) is 0 Å². The first-order chi connectivity index (χ1) is 12.2. The molecule has 2 heterocycles. The number of methoxy groups -OCH3 is 1. The number of nitrogens with one attached hydrogen (secondary N) is 1. The number of carbonyl (C=O) groups is 1. The molecule has 1 saturated heterocycles. The number of amides is 1. The van der Waals surface area contributed by atoms with Gasteiger partial charge in [0.05, 0.1) is 26.0 Å². The first-order valence-electron chi connectivity index (χ1n) is 8.59. The van der Waals surface area contributed by atoms with Crippen molar-refractivity contribution >= 4 is 11.6 Å². The molecule has 6 heteroatoms. The molecule has 1 aliphatic heterocycles. The van der Waals surface area contributed by atoms with Crippen molar-refractivity contribution < 1.29 is 13.9 Å². The summed E-state index contributed by atoms with van der Waals surface area (Å²) in [5.74, 6) is 1.78. The maximum Gasteiger partial charge on any atom is 0.241 e. The summed E-state index contributed by atoms with van der Waals surface area (Å²) in [6.45, 7) is 6.39. The Morgan fingerprint density at radius 2 is 1.92 bits per heavy atom. The second-order valence-corrected chi connectivity index (χ2v) is 6.29. The van der Waals surface area contributed by atoms with Crippen molar-refractivity contribution in [1.82, 2.24) is 9.80 Å². The zero-order valence-corrected chi connectivity index (χ0v) is 14.8. The fourth-order valence-corrected chi connectivity index (χ4v) is 3.02. The molecule has 1 aromatic carbocycles. The lowest BCUT2D eigenvalue weighted by atomic mass is 10.2. The maximum absolute atomic E-state index is 12.5. The van der Waals surface area contributed by atoms with Crippen LogP contribution in [-0.4, -0.2) is 55.0 Å². The van der Waals surface area contributed by atoms with E-state index < -0.39 is 0 Å². The zero-order valence-electron chi connectivity index (χ0n) is 14.8. The summed E-state index contributed by atoms with van der Waals surface area (Å²) in [5.41, 5.74) is 0.786. The number of piperazine rings is 1. The zero-order chi connectivity index (χ0) is 17.6. The van der Waals surface area contributed by atoms with Gasteiger partial charge in [-0.05, 0) is 43.3 Å². The number of anilines is 1. The summed E-state index contributed by atoms with van der Waals surface area (Å²) >= 11 is 0. The normalized spacial score (nSPS) is 17.2. The highest BCUT2D eigenvalue weighted by Gasteiger charge is 2.25. The molecule has 1 aliphatic rings. The van der Waals surface area contributed by atoms with Gasteiger partial charge in [0.15, 0.2) is 0 Å². The van der Waals surface area contributed by atoms with Crippen LogP contribution in [0.4, 0.5) is 5.69 Å². The largest absolute Gasteiger partial charge is 0.497 e. The maximum atomic E-state index is 12.5. The number of nitrogens with zero attached hydrogens (tertiary/aromatic N) is 2. The van der Waals surface area contributed by atoms with Gasteiger partial charge in [0.25, 0.3) is 0 Å². The van der Waals surface area contributed by atoms with Crippen LogP contribution in [0.2, 0.25) is 0 Å². The number of furan rings is 1. The third-order valence-electron chi connectivity index (χ3n) is 4.65. The molecule has 1 aromatic heterocycles. The third kappa shape index (κ3) is 4.61. The molecule has 1 fully saturated rings. The molecule has 1 amide bonds. The van der Waals surface area contributed by atoms with Crippen molar-refractivity contribution in [2.45, 2.75) is 19.5 Å². The molecule has 3 rings (SSSR count). The van der Waals surface area contributed by atoms with E-state index in [-0.39, 0.29) is 11.9 Å². The van der Waals surface area contributed by atoms with E-state index in [9.17, 15) is 4.79 Å². The van der Waals surface area contributed by atoms with Gasteiger partial charge in [0.1, 0.15) is 11.5 Å². The van der Waals surface area contributed by atoms with Crippen LogP contribution >= 0.6 is 0 Å². The Kier molecular flexibility index (Phi) is 5.73. The van der Waals surface area contributed by atoms with Crippen molar-refractivity contribution in [2.75, 3.05) is 38.6 Å². The molecule has 0 unspecified atom stereocenters. The summed E-state index contributed by atoms with van der Waals surface area (Å²) in [5, 5.41) is 2.97. The van der Waals surface area contributed by atoms with Gasteiger partial charge in [-0.1, -0.05) is 0 Å². The number of hydrogen-bond donors (Lipinski definition) is 1. The minimum Gasteiger partial charge on any atom is -0.497 e. The van der Waals surface area contributed by atoms with Gasteiger partial charge in [-0.25, -0.2) is 0 Å². The molecule has 0 aliphatic carbocycles. The van der Waals surface area contributed by atoms with E-state index in [4.69, 9.17) is 9.15 Å². The molecule has 2 aromatic rings. The molecular weight excluding hydrogens is 318 g/mol. The van der Waals surface area contributed by atoms with E-state index in [2.05, 4.69) is 15.1 Å². The van der Waals surface area contributed by atoms with Gasteiger partial charge < -0.3 is 14.5 Å². The molecule has 1 atom stereocenters. The van der Waals surface area contributed by atoms with Gasteiger partial charge >= 0.3 is 0 Å². The van der Waals surface area contributed by atoms with Gasteiger partial charge in [-0.3, -0.25) is 14.6 Å². The van der Waals surface area contributed by atoms with E-state index in [1.54, 1.807) is 13.4 Å². The van der Waals surface area contributed by atoms with E-state index in [0.717, 1.165) is 49.9 Å². The van der Waals surface area contributed by atoms with Crippen molar-refractivity contribution in [3.8, 4) is 5.75 Å². The molecule has 0 bridgehead atoms. The van der Waals surface area contributed by atoms with Crippen LogP contribution in [0.5, 0.6) is 5.75 Å². The van der Waals surface area contributed by atoms with Crippen molar-refractivity contribution in [3.63, 3.8) is 0 Å². The monoisotopic (exact) mass is 343 g/mol. The van der Waals surface area contributed by atoms with Crippen molar-refractivity contribution in [3.05, 3.63) is 48.4 Å². The summed E-state index contributed by atoms with van der Waals surface area (Å²) < 4.78 is 10.5. The topological polar surface area (TPSA) is 58.0 Å². The number of hydrogen-bond acceptors (Lipinski definition) is 5. The third-order valence-corrected chi connectivity index (χ3v) is 4.65. The summed E-state index contributed by atoms with van der Waals surface area (Å²) in [7, 11) is 1.63. The average molecular weight is 343 g/mol. The first-order valence-corrected chi connectivity index (χ1v) is 8.59. The van der Waals surface area contributed by atoms with Crippen LogP contribution in [0, 0.1) is 0 Å². The predicted molar refractivity (Wildman–Crippen MR) is 96.6 cm³/mol. The molecule has 25 heavy (non-hydrogen) atoms. The lowest BCUT2D eigenvalue weighted by Gasteiger charge is -2.37. The highest BCUT2D eigenvalue weighted by Crippen LogP contribution is 2.16. The van der Waals surface area contributed by atoms with Crippen LogP contribution in [-0.2, 0) is 11.3 Å². The molecular formula is C19H25N3O3. The van der Waals surface area contributed by atoms with E-state index in [0.29, 0.717) is 0 Å². The quantitative estimate of drug-likeness (QED) is 0.873. The standard InChI is InChI=1S/C19H25N3O3/c1-15(19(23)20-16-5-7-17(24-2)8-6-16)22-11-9-21(10-12-22)14-18-4-3-13-25-18/h3-8,13,15H,9-12,14H2,1-2H3,(H,20,23)/t15-/m0/s1. The smallest absolute Gasteiger partial charge is 0.241 e. The first kappa shape index (κ1) is 17.5. The molecule has 1 N–H and O–H groups in total. The number of rotatable bonds is 6. The molecule has 0 saturated carbocycles. The Morgan fingerprint density at radius 3 is 2.52 bits per heavy atom. The summed E-state index contributed by atoms with van der Waals surface area (Å²) in [4.78, 5) is 17.1. The number of carbonyl (C=O) groups excluding carboxylic acids is 1. The fourth-order valence-electron chi connectivity index (χ4n) is 3.02. The molecule has 6 nitrogen and oxygen atoms in total. The Bertz CT molecular complexity index is 662. The molecule has 0 radical (unpaired) electrons. The predicted octanol–water partition coefficient (Wildman–Crippen LogP) is 2.43.